The molecule has 14 heteroatoms. The number of halogens is 2. The summed E-state index contributed by atoms with van der Waals surface area (Å²) >= 11 is 0. The number of benzene rings is 3. The second-order valence-electron chi connectivity index (χ2n) is 13.8. The van der Waals surface area contributed by atoms with Gasteiger partial charge in [0.05, 0.1) is 77.5 Å². The molecule has 5 rings (SSSR count). The molecule has 1 N–H and O–H groups in total. The molecule has 324 valence electrons. The molecule has 1 aliphatic heterocycles. The molecule has 0 bridgehead atoms. The van der Waals surface area contributed by atoms with Crippen molar-refractivity contribution in [3.05, 3.63) is 136 Å². The highest BCUT2D eigenvalue weighted by Gasteiger charge is 2.30. The van der Waals surface area contributed by atoms with E-state index in [2.05, 4.69) is 0 Å². The molecular formula is C47H55BF2N2O9. The maximum Gasteiger partial charge on any atom is 0.678 e. The maximum atomic E-state index is 15.2. The summed E-state index contributed by atoms with van der Waals surface area (Å²) in [6, 6.07) is 23.3. The Hall–Kier alpha value is -5.35. The quantitative estimate of drug-likeness (QED) is 0.0468. The van der Waals surface area contributed by atoms with Gasteiger partial charge in [-0.2, -0.15) is 0 Å². The van der Waals surface area contributed by atoms with Crippen LogP contribution in [0.25, 0.3) is 23.8 Å². The van der Waals surface area contributed by atoms with E-state index in [1.807, 2.05) is 80.6 Å². The van der Waals surface area contributed by atoms with E-state index in [9.17, 15) is 5.11 Å². The minimum absolute atomic E-state index is 0.0667. The summed E-state index contributed by atoms with van der Waals surface area (Å²) in [5.74, 6) is 1.46. The molecule has 1 aliphatic rings. The highest BCUT2D eigenvalue weighted by Crippen LogP contribution is 2.38. The van der Waals surface area contributed by atoms with Crippen molar-refractivity contribution >= 4 is 36.9 Å². The third-order valence-electron chi connectivity index (χ3n) is 9.31. The van der Waals surface area contributed by atoms with E-state index in [1.165, 1.54) is 0 Å². The molecule has 0 saturated heterocycles. The fourth-order valence-electron chi connectivity index (χ4n) is 6.31. The van der Waals surface area contributed by atoms with E-state index < -0.39 is 7.40 Å². The molecule has 0 saturated carbocycles. The monoisotopic (exact) mass is 840 g/mol. The van der Waals surface area contributed by atoms with Crippen LogP contribution in [0.5, 0.6) is 17.2 Å². The molecule has 2 heterocycles. The number of rotatable bonds is 27. The Morgan fingerprint density at radius 3 is 1.59 bits per heavy atom. The Morgan fingerprint density at radius 2 is 1.10 bits per heavy atom. The fraction of sp³-hybridized carbons (Fsp3) is 0.340. The number of ether oxygens (including phenoxy) is 8. The van der Waals surface area contributed by atoms with Crippen molar-refractivity contribution in [1.82, 2.24) is 4.48 Å². The second kappa shape index (κ2) is 25.4. The standard InChI is InChI=1S/C47H55BF2N2O9/c1-35-33-40(13-5-37-7-17-43(18-8-37)60-31-29-58-27-25-56-23-21-54-3)51-46(35)45(39-11-15-42(53)16-12-39)47-36(2)34-41(52(47)48(49)50)14-6-38-9-19-44(20-10-38)61-32-30-59-28-26-57-24-22-55-4/h5-20,33-34,53H,21-32H2,1-4H3/b13-5+,14-6-,46-45-. The first-order chi connectivity index (χ1) is 29.8. The molecule has 0 unspecified atom stereocenters. The van der Waals surface area contributed by atoms with Crippen LogP contribution >= 0.6 is 0 Å². The summed E-state index contributed by atoms with van der Waals surface area (Å²) in [7, 11) is 0.404. The Balaban J connectivity index is 1.28. The van der Waals surface area contributed by atoms with Crippen molar-refractivity contribution in [2.75, 3.05) is 93.5 Å². The van der Waals surface area contributed by atoms with Crippen LogP contribution in [0.1, 0.15) is 40.6 Å². The fourth-order valence-corrected chi connectivity index (χ4v) is 6.31. The lowest BCUT2D eigenvalue weighted by Gasteiger charge is -2.17. The smallest absolute Gasteiger partial charge is 0.508 e. The molecule has 61 heavy (non-hydrogen) atoms. The average molecular weight is 841 g/mol. The van der Waals surface area contributed by atoms with Crippen LogP contribution in [0.4, 0.5) is 8.63 Å². The third kappa shape index (κ3) is 15.0. The Bertz CT molecular complexity index is 2100. The number of phenols is 1. The molecule has 0 spiro atoms. The SMILES string of the molecule is COCCOCCOCCOc1ccc(/C=C\c2cc(C)c(/C(=C3N=C(/C=C/c4ccc(OCCOCCOCCOC)cc4)C=C\3C)c3ccc(O)cc3)n2B(F)F)cc1. The van der Waals surface area contributed by atoms with Crippen LogP contribution in [-0.2, 0) is 28.4 Å². The number of methoxy groups -OCH3 is 2. The zero-order chi connectivity index (χ0) is 43.2. The maximum absolute atomic E-state index is 15.2. The Labute approximate surface area is 357 Å². The van der Waals surface area contributed by atoms with Gasteiger partial charge in [-0.25, -0.2) is 4.99 Å². The van der Waals surface area contributed by atoms with Crippen LogP contribution in [0.15, 0.2) is 107 Å². The van der Waals surface area contributed by atoms with E-state index in [4.69, 9.17) is 42.9 Å². The lowest BCUT2D eigenvalue weighted by Crippen LogP contribution is -2.18. The van der Waals surface area contributed by atoms with Crippen LogP contribution in [-0.4, -0.2) is 116 Å². The van der Waals surface area contributed by atoms with Gasteiger partial charge in [-0.15, -0.1) is 0 Å². The summed E-state index contributed by atoms with van der Waals surface area (Å²) < 4.78 is 74.7. The lowest BCUT2D eigenvalue weighted by atomic mass is 9.94. The molecule has 1 aromatic heterocycles. The Kier molecular flexibility index (Phi) is 19.5. The normalized spacial score (nSPS) is 13.6. The first kappa shape index (κ1) is 46.7. The van der Waals surface area contributed by atoms with Crippen molar-refractivity contribution < 1.29 is 51.6 Å². The van der Waals surface area contributed by atoms with Gasteiger partial charge in [0.15, 0.2) is 0 Å². The van der Waals surface area contributed by atoms with Gasteiger partial charge < -0.3 is 47.5 Å². The van der Waals surface area contributed by atoms with Gasteiger partial charge in [0.25, 0.3) is 0 Å². The largest absolute Gasteiger partial charge is 0.678 e. The van der Waals surface area contributed by atoms with Crippen LogP contribution < -0.4 is 9.47 Å². The molecule has 11 nitrogen and oxygen atoms in total. The summed E-state index contributed by atoms with van der Waals surface area (Å²) in [5, 5.41) is 10.1. The van der Waals surface area contributed by atoms with Gasteiger partial charge in [-0.3, -0.25) is 8.63 Å². The highest BCUT2D eigenvalue weighted by atomic mass is 19.2. The number of phenolic OH excluding ortho intramolecular Hbond substituents is 1. The zero-order valence-corrected chi connectivity index (χ0v) is 35.3. The van der Waals surface area contributed by atoms with Crippen LogP contribution in [0.2, 0.25) is 0 Å². The summed E-state index contributed by atoms with van der Waals surface area (Å²) in [5.41, 5.74) is 6.28. The molecular weight excluding hydrogens is 785 g/mol. The number of nitrogens with zero attached hydrogens (tertiary/aromatic N) is 2. The number of hydrogen-bond donors (Lipinski definition) is 1. The van der Waals surface area contributed by atoms with E-state index in [-0.39, 0.29) is 5.75 Å². The van der Waals surface area contributed by atoms with Crippen molar-refractivity contribution in [3.8, 4) is 17.2 Å². The van der Waals surface area contributed by atoms with Gasteiger partial charge in [0.2, 0.25) is 0 Å². The molecule has 0 aliphatic carbocycles. The van der Waals surface area contributed by atoms with E-state index in [0.29, 0.717) is 125 Å². The summed E-state index contributed by atoms with van der Waals surface area (Å²) in [4.78, 5) is 4.96. The van der Waals surface area contributed by atoms with Gasteiger partial charge in [-0.1, -0.05) is 48.6 Å². The number of aryl methyl sites for hydroxylation is 1. The van der Waals surface area contributed by atoms with Gasteiger partial charge >= 0.3 is 7.40 Å². The predicted molar refractivity (Wildman–Crippen MR) is 237 cm³/mol. The number of aromatic nitrogens is 1. The molecule has 0 radical (unpaired) electrons. The lowest BCUT2D eigenvalue weighted by molar-refractivity contribution is 0.0180. The highest BCUT2D eigenvalue weighted by molar-refractivity contribution is 6.42. The van der Waals surface area contributed by atoms with Crippen molar-refractivity contribution in [1.29, 1.82) is 0 Å². The minimum Gasteiger partial charge on any atom is -0.508 e. The van der Waals surface area contributed by atoms with Crippen LogP contribution in [0.3, 0.4) is 0 Å². The minimum atomic E-state index is -2.86. The number of allylic oxidation sites excluding steroid dienone is 3. The number of aliphatic imine (C=N–C) groups is 1. The van der Waals surface area contributed by atoms with Crippen molar-refractivity contribution in [2.45, 2.75) is 13.8 Å². The molecule has 0 amide bonds. The zero-order valence-electron chi connectivity index (χ0n) is 35.3. The number of hydrogen-bond acceptors (Lipinski definition) is 10. The van der Waals surface area contributed by atoms with E-state index >= 15 is 8.63 Å². The second-order valence-corrected chi connectivity index (χ2v) is 13.8. The molecule has 0 fully saturated rings. The molecule has 3 aromatic carbocycles. The Morgan fingerprint density at radius 1 is 0.623 bits per heavy atom. The molecule has 0 atom stereocenters. The van der Waals surface area contributed by atoms with Crippen LogP contribution in [0, 0.1) is 6.92 Å². The predicted octanol–water partition coefficient (Wildman–Crippen LogP) is 8.44. The third-order valence-corrected chi connectivity index (χ3v) is 9.31. The van der Waals surface area contributed by atoms with Gasteiger partial charge in [0, 0.05) is 31.2 Å². The first-order valence-corrected chi connectivity index (χ1v) is 20.2. The van der Waals surface area contributed by atoms with Crippen molar-refractivity contribution in [2.24, 2.45) is 4.99 Å². The summed E-state index contributed by atoms with van der Waals surface area (Å²) in [6.45, 7) is 9.48. The molecule has 4 aromatic rings. The van der Waals surface area contributed by atoms with E-state index in [1.54, 1.807) is 56.7 Å². The first-order valence-electron chi connectivity index (χ1n) is 20.2. The number of aromatic hydroxyl groups is 1. The van der Waals surface area contributed by atoms with Gasteiger partial charge in [0.1, 0.15) is 30.5 Å². The van der Waals surface area contributed by atoms with E-state index in [0.717, 1.165) is 26.9 Å². The average Bonchev–Trinajstić information content (AvgIpc) is 3.80. The van der Waals surface area contributed by atoms with Gasteiger partial charge in [-0.05, 0) is 102 Å². The van der Waals surface area contributed by atoms with Crippen molar-refractivity contribution in [3.63, 3.8) is 0 Å². The topological polar surface area (TPSA) is 111 Å². The summed E-state index contributed by atoms with van der Waals surface area (Å²) in [6.07, 6.45) is 9.24.